The summed E-state index contributed by atoms with van der Waals surface area (Å²) in [7, 11) is 0. The summed E-state index contributed by atoms with van der Waals surface area (Å²) in [6, 6.07) is 14.2. The molecule has 5 rings (SSSR count). The third kappa shape index (κ3) is 3.68. The number of thiophene rings is 1. The van der Waals surface area contributed by atoms with Crippen molar-refractivity contribution in [2.24, 2.45) is 0 Å². The van der Waals surface area contributed by atoms with Crippen molar-refractivity contribution in [3.63, 3.8) is 0 Å². The summed E-state index contributed by atoms with van der Waals surface area (Å²) in [4.78, 5) is 10.5. The van der Waals surface area contributed by atoms with Gasteiger partial charge >= 0.3 is 0 Å². The van der Waals surface area contributed by atoms with Crippen molar-refractivity contribution in [2.75, 3.05) is 24.2 Å². The normalized spacial score (nSPS) is 16.5. The highest BCUT2D eigenvalue weighted by Crippen LogP contribution is 2.34. The molecule has 3 aromatic heterocycles. The van der Waals surface area contributed by atoms with Gasteiger partial charge in [0.15, 0.2) is 5.65 Å². The number of nitrogens with zero attached hydrogens (tertiary/aromatic N) is 4. The van der Waals surface area contributed by atoms with Gasteiger partial charge in [-0.15, -0.1) is 16.4 Å². The molecule has 0 saturated carbocycles. The summed E-state index contributed by atoms with van der Waals surface area (Å²) >= 11 is 1.63. The highest BCUT2D eigenvalue weighted by atomic mass is 32.1. The van der Waals surface area contributed by atoms with Crippen LogP contribution in [0, 0.1) is 0 Å². The van der Waals surface area contributed by atoms with E-state index in [4.69, 9.17) is 20.6 Å². The van der Waals surface area contributed by atoms with Gasteiger partial charge in [0.25, 0.3) is 0 Å². The highest BCUT2D eigenvalue weighted by molar-refractivity contribution is 7.13. The average Bonchev–Trinajstić information content (AvgIpc) is 3.50. The number of nitrogens with one attached hydrogen (secondary N) is 1. The fourth-order valence-electron chi connectivity index (χ4n) is 3.61. The lowest BCUT2D eigenvalue weighted by Crippen LogP contribution is -2.19. The van der Waals surface area contributed by atoms with Gasteiger partial charge in [0.05, 0.1) is 28.6 Å². The maximum Gasteiger partial charge on any atom is 0.225 e. The molecule has 1 unspecified atom stereocenters. The Morgan fingerprint density at radius 1 is 1.17 bits per heavy atom. The lowest BCUT2D eigenvalue weighted by atomic mass is 10.2. The molecule has 148 valence electrons. The lowest BCUT2D eigenvalue weighted by molar-refractivity contribution is 0.120. The first-order valence-corrected chi connectivity index (χ1v) is 10.6. The van der Waals surface area contributed by atoms with E-state index in [1.54, 1.807) is 16.0 Å². The molecule has 0 amide bonds. The first-order valence-electron chi connectivity index (χ1n) is 9.75. The van der Waals surface area contributed by atoms with Gasteiger partial charge in [0.2, 0.25) is 5.95 Å². The fraction of sp³-hybridized carbons (Fsp3) is 0.286. The maximum absolute atomic E-state index is 6.50. The molecule has 1 atom stereocenters. The van der Waals surface area contributed by atoms with Gasteiger partial charge in [-0.2, -0.15) is 4.98 Å². The quantitative estimate of drug-likeness (QED) is 0.506. The van der Waals surface area contributed by atoms with Gasteiger partial charge in [-0.25, -0.2) is 9.67 Å². The highest BCUT2D eigenvalue weighted by Gasteiger charge is 2.20. The zero-order valence-electron chi connectivity index (χ0n) is 15.9. The van der Waals surface area contributed by atoms with Crippen LogP contribution in [0.25, 0.3) is 21.6 Å². The minimum absolute atomic E-state index is 0.209. The molecule has 4 heterocycles. The number of rotatable bonds is 6. The molecule has 8 heteroatoms. The Bertz CT molecular complexity index is 1100. The third-order valence-electron chi connectivity index (χ3n) is 5.08. The van der Waals surface area contributed by atoms with Crippen molar-refractivity contribution >= 4 is 34.1 Å². The van der Waals surface area contributed by atoms with E-state index in [1.165, 1.54) is 0 Å². The maximum atomic E-state index is 6.50. The van der Waals surface area contributed by atoms with Gasteiger partial charge in [-0.05, 0) is 29.9 Å². The number of anilines is 2. The molecule has 3 N–H and O–H groups in total. The van der Waals surface area contributed by atoms with Crippen LogP contribution in [0.4, 0.5) is 11.8 Å². The van der Waals surface area contributed by atoms with Crippen LogP contribution < -0.4 is 11.1 Å². The Morgan fingerprint density at radius 2 is 2.07 bits per heavy atom. The van der Waals surface area contributed by atoms with Crippen LogP contribution in [0.1, 0.15) is 18.4 Å². The standard InChI is InChI=1S/C21H22N6OS/c22-19-17-18(16-9-5-11-29-16)24-21(23-12-15-8-4-10-28-15)25-20(17)26-27(19)13-14-6-2-1-3-7-14/h1-3,5-7,9,11,15H,4,8,10,12-13,22H2,(H,23,25,26). The largest absolute Gasteiger partial charge is 0.383 e. The van der Waals surface area contributed by atoms with E-state index >= 15 is 0 Å². The molecule has 0 spiro atoms. The number of nitrogens with two attached hydrogens (primary N) is 1. The van der Waals surface area contributed by atoms with Gasteiger partial charge in [0.1, 0.15) is 5.82 Å². The number of aromatic nitrogens is 4. The van der Waals surface area contributed by atoms with Crippen molar-refractivity contribution in [2.45, 2.75) is 25.5 Å². The summed E-state index contributed by atoms with van der Waals surface area (Å²) < 4.78 is 7.50. The molecule has 0 radical (unpaired) electrons. The third-order valence-corrected chi connectivity index (χ3v) is 5.96. The number of fused-ring (bicyclic) bond motifs is 1. The monoisotopic (exact) mass is 406 g/mol. The van der Waals surface area contributed by atoms with Crippen molar-refractivity contribution in [3.05, 3.63) is 53.4 Å². The number of ether oxygens (including phenoxy) is 1. The second kappa shape index (κ2) is 7.81. The second-order valence-corrected chi connectivity index (χ2v) is 8.06. The topological polar surface area (TPSA) is 90.9 Å². The SMILES string of the molecule is Nc1c2c(-c3cccs3)nc(NCC3CCCO3)nc2nn1Cc1ccccc1. The van der Waals surface area contributed by atoms with Crippen LogP contribution in [0.2, 0.25) is 0 Å². The summed E-state index contributed by atoms with van der Waals surface area (Å²) in [5.74, 6) is 1.14. The van der Waals surface area contributed by atoms with E-state index in [1.807, 2.05) is 35.7 Å². The molecule has 1 aliphatic heterocycles. The minimum atomic E-state index is 0.209. The Labute approximate surface area is 172 Å². The first kappa shape index (κ1) is 18.1. The van der Waals surface area contributed by atoms with Gasteiger partial charge in [-0.3, -0.25) is 0 Å². The average molecular weight is 407 g/mol. The number of hydrogen-bond acceptors (Lipinski definition) is 7. The van der Waals surface area contributed by atoms with Crippen molar-refractivity contribution < 1.29 is 4.74 Å². The first-order chi connectivity index (χ1) is 14.3. The molecular weight excluding hydrogens is 384 g/mol. The number of nitrogen functional groups attached to an aromatic ring is 1. The summed E-state index contributed by atoms with van der Waals surface area (Å²) in [6.07, 6.45) is 2.37. The van der Waals surface area contributed by atoms with Gasteiger partial charge in [-0.1, -0.05) is 36.4 Å². The molecule has 0 bridgehead atoms. The molecule has 0 aliphatic carbocycles. The van der Waals surface area contributed by atoms with Gasteiger partial charge in [0, 0.05) is 13.2 Å². The Hall–Kier alpha value is -2.97. The fourth-order valence-corrected chi connectivity index (χ4v) is 4.33. The zero-order valence-corrected chi connectivity index (χ0v) is 16.7. The van der Waals surface area contributed by atoms with Crippen molar-refractivity contribution in [3.8, 4) is 10.6 Å². The van der Waals surface area contributed by atoms with Crippen LogP contribution in [0.3, 0.4) is 0 Å². The van der Waals surface area contributed by atoms with Crippen molar-refractivity contribution in [1.82, 2.24) is 19.7 Å². The van der Waals surface area contributed by atoms with E-state index in [0.29, 0.717) is 30.5 Å². The minimum Gasteiger partial charge on any atom is -0.383 e. The van der Waals surface area contributed by atoms with E-state index in [-0.39, 0.29) is 6.10 Å². The zero-order chi connectivity index (χ0) is 19.6. The number of benzene rings is 1. The molecule has 1 aliphatic rings. The Balaban J connectivity index is 1.54. The summed E-state index contributed by atoms with van der Waals surface area (Å²) in [5.41, 5.74) is 9.06. The van der Waals surface area contributed by atoms with Crippen molar-refractivity contribution in [1.29, 1.82) is 0 Å². The second-order valence-electron chi connectivity index (χ2n) is 7.12. The molecule has 4 aromatic rings. The van der Waals surface area contributed by atoms with Crippen LogP contribution in [0.5, 0.6) is 0 Å². The van der Waals surface area contributed by atoms with Gasteiger partial charge < -0.3 is 15.8 Å². The predicted molar refractivity (Wildman–Crippen MR) is 116 cm³/mol. The molecule has 1 saturated heterocycles. The lowest BCUT2D eigenvalue weighted by Gasteiger charge is -2.11. The molecular formula is C21H22N6OS. The van der Waals surface area contributed by atoms with Crippen LogP contribution >= 0.6 is 11.3 Å². The summed E-state index contributed by atoms with van der Waals surface area (Å²) in [6.45, 7) is 2.11. The van der Waals surface area contributed by atoms with Crippen LogP contribution in [0.15, 0.2) is 47.8 Å². The smallest absolute Gasteiger partial charge is 0.225 e. The molecule has 1 aromatic carbocycles. The molecule has 1 fully saturated rings. The van der Waals surface area contributed by atoms with Crippen LogP contribution in [-0.2, 0) is 11.3 Å². The van der Waals surface area contributed by atoms with E-state index in [9.17, 15) is 0 Å². The Morgan fingerprint density at radius 3 is 2.83 bits per heavy atom. The molecule has 7 nitrogen and oxygen atoms in total. The Kier molecular flexibility index (Phi) is 4.87. The predicted octanol–water partition coefficient (Wildman–Crippen LogP) is 3.78. The number of hydrogen-bond donors (Lipinski definition) is 2. The van der Waals surface area contributed by atoms with E-state index in [0.717, 1.165) is 41.0 Å². The molecule has 29 heavy (non-hydrogen) atoms. The van der Waals surface area contributed by atoms with Crippen LogP contribution in [-0.4, -0.2) is 39.0 Å². The van der Waals surface area contributed by atoms with E-state index in [2.05, 4.69) is 22.4 Å². The van der Waals surface area contributed by atoms with E-state index < -0.39 is 0 Å². The summed E-state index contributed by atoms with van der Waals surface area (Å²) in [5, 5.41) is 10.9.